The van der Waals surface area contributed by atoms with Gasteiger partial charge >= 0.3 is 0 Å². The molecule has 3 rings (SSSR count). The Labute approximate surface area is 129 Å². The van der Waals surface area contributed by atoms with Crippen LogP contribution in [-0.4, -0.2) is 26.6 Å². The highest BCUT2D eigenvalue weighted by Gasteiger charge is 2.26. The van der Waals surface area contributed by atoms with E-state index in [1.54, 1.807) is 29.9 Å². The van der Waals surface area contributed by atoms with Gasteiger partial charge in [-0.3, -0.25) is 25.5 Å². The molecule has 2 aromatic rings. The van der Waals surface area contributed by atoms with Crippen LogP contribution in [0.5, 0.6) is 0 Å². The number of hydrogen-bond acceptors (Lipinski definition) is 3. The number of amides is 2. The van der Waals surface area contributed by atoms with Crippen LogP contribution in [0.2, 0.25) is 0 Å². The number of hydrazine groups is 1. The first-order valence-electron chi connectivity index (χ1n) is 6.52. The van der Waals surface area contributed by atoms with Gasteiger partial charge in [-0.05, 0) is 40.9 Å². The van der Waals surface area contributed by atoms with Gasteiger partial charge in [0.05, 0.1) is 0 Å². The number of carbonyl (C=O) groups is 2. The molecule has 1 aliphatic rings. The molecule has 1 saturated carbocycles. The summed E-state index contributed by atoms with van der Waals surface area (Å²) in [5.41, 5.74) is 6.40. The molecule has 0 saturated heterocycles. The molecule has 8 heteroatoms. The second kappa shape index (κ2) is 5.36. The van der Waals surface area contributed by atoms with Gasteiger partial charge in [0.2, 0.25) is 0 Å². The van der Waals surface area contributed by atoms with Crippen molar-refractivity contribution in [1.29, 1.82) is 0 Å². The maximum Gasteiger partial charge on any atom is 0.290 e. The first-order chi connectivity index (χ1) is 10.0. The number of hydrogen-bond donors (Lipinski definition) is 3. The highest BCUT2D eigenvalue weighted by molar-refractivity contribution is 9.10. The van der Waals surface area contributed by atoms with Gasteiger partial charge in [-0.15, -0.1) is 0 Å². The molecule has 0 aromatic carbocycles. The topological polar surface area (TPSA) is 91.8 Å². The molecule has 0 bridgehead atoms. The second-order valence-electron chi connectivity index (χ2n) is 5.05. The SMILES string of the molecule is Cn1cc(Br)cc1C(=O)NNC(=O)c1cc(C2CC2)[nH]n1. The number of nitrogens with zero attached hydrogens (tertiary/aromatic N) is 2. The van der Waals surface area contributed by atoms with Crippen LogP contribution < -0.4 is 10.9 Å². The molecule has 0 radical (unpaired) electrons. The number of H-pyrrole nitrogens is 1. The Hall–Kier alpha value is -2.09. The Bertz CT molecular complexity index is 701. The molecule has 2 heterocycles. The number of rotatable bonds is 3. The summed E-state index contributed by atoms with van der Waals surface area (Å²) in [6.07, 6.45) is 4.01. The third kappa shape index (κ3) is 2.99. The van der Waals surface area contributed by atoms with Crippen molar-refractivity contribution in [2.75, 3.05) is 0 Å². The van der Waals surface area contributed by atoms with Gasteiger partial charge in [0, 0.05) is 29.3 Å². The lowest BCUT2D eigenvalue weighted by Gasteiger charge is -2.06. The highest BCUT2D eigenvalue weighted by Crippen LogP contribution is 2.38. The van der Waals surface area contributed by atoms with Gasteiger partial charge in [-0.1, -0.05) is 0 Å². The van der Waals surface area contributed by atoms with Gasteiger partial charge < -0.3 is 4.57 Å². The summed E-state index contributed by atoms with van der Waals surface area (Å²) < 4.78 is 2.45. The molecule has 0 aliphatic heterocycles. The van der Waals surface area contributed by atoms with Crippen molar-refractivity contribution >= 4 is 27.7 Å². The zero-order valence-electron chi connectivity index (χ0n) is 11.3. The van der Waals surface area contributed by atoms with Crippen molar-refractivity contribution in [3.05, 3.63) is 39.9 Å². The van der Waals surface area contributed by atoms with E-state index in [0.29, 0.717) is 11.6 Å². The monoisotopic (exact) mass is 351 g/mol. The van der Waals surface area contributed by atoms with E-state index in [1.807, 2.05) is 0 Å². The van der Waals surface area contributed by atoms with Crippen LogP contribution in [0.1, 0.15) is 45.4 Å². The van der Waals surface area contributed by atoms with E-state index in [1.165, 1.54) is 0 Å². The van der Waals surface area contributed by atoms with Crippen molar-refractivity contribution in [1.82, 2.24) is 25.6 Å². The smallest absolute Gasteiger partial charge is 0.290 e. The van der Waals surface area contributed by atoms with Crippen LogP contribution in [0.25, 0.3) is 0 Å². The molecule has 2 aromatic heterocycles. The number of aryl methyl sites for hydroxylation is 1. The number of nitrogens with one attached hydrogen (secondary N) is 3. The van der Waals surface area contributed by atoms with Crippen LogP contribution in [0.3, 0.4) is 0 Å². The van der Waals surface area contributed by atoms with E-state index in [0.717, 1.165) is 23.0 Å². The molecule has 0 unspecified atom stereocenters. The Morgan fingerprint density at radius 1 is 1.33 bits per heavy atom. The third-order valence-electron chi connectivity index (χ3n) is 3.34. The second-order valence-corrected chi connectivity index (χ2v) is 5.96. The van der Waals surface area contributed by atoms with Crippen molar-refractivity contribution < 1.29 is 9.59 Å². The summed E-state index contributed by atoms with van der Waals surface area (Å²) in [6.45, 7) is 0. The average Bonchev–Trinajstić information content (AvgIpc) is 3.08. The Balaban J connectivity index is 1.59. The van der Waals surface area contributed by atoms with Crippen molar-refractivity contribution in [2.45, 2.75) is 18.8 Å². The Morgan fingerprint density at radius 2 is 2.05 bits per heavy atom. The summed E-state index contributed by atoms with van der Waals surface area (Å²) >= 11 is 3.29. The van der Waals surface area contributed by atoms with Gasteiger partial charge in [-0.2, -0.15) is 5.10 Å². The van der Waals surface area contributed by atoms with Crippen LogP contribution >= 0.6 is 15.9 Å². The molecule has 3 N–H and O–H groups in total. The van der Waals surface area contributed by atoms with E-state index in [9.17, 15) is 9.59 Å². The molecule has 0 atom stereocenters. The van der Waals surface area contributed by atoms with E-state index >= 15 is 0 Å². The van der Waals surface area contributed by atoms with E-state index < -0.39 is 11.8 Å². The van der Waals surface area contributed by atoms with Crippen molar-refractivity contribution in [3.8, 4) is 0 Å². The summed E-state index contributed by atoms with van der Waals surface area (Å²) in [6, 6.07) is 3.39. The van der Waals surface area contributed by atoms with Gasteiger partial charge in [-0.25, -0.2) is 0 Å². The predicted molar refractivity (Wildman–Crippen MR) is 78.6 cm³/mol. The Morgan fingerprint density at radius 3 is 2.67 bits per heavy atom. The fraction of sp³-hybridized carbons (Fsp3) is 0.308. The predicted octanol–water partition coefficient (Wildman–Crippen LogP) is 1.46. The van der Waals surface area contributed by atoms with Crippen LogP contribution in [0, 0.1) is 0 Å². The van der Waals surface area contributed by atoms with Crippen molar-refractivity contribution in [3.63, 3.8) is 0 Å². The molecule has 2 amide bonds. The fourth-order valence-corrected chi connectivity index (χ4v) is 2.57. The minimum Gasteiger partial charge on any atom is -0.345 e. The van der Waals surface area contributed by atoms with E-state index in [-0.39, 0.29) is 5.69 Å². The zero-order chi connectivity index (χ0) is 15.0. The molecule has 0 spiro atoms. The van der Waals surface area contributed by atoms with E-state index in [2.05, 4.69) is 37.0 Å². The standard InChI is InChI=1S/C13H14BrN5O2/c1-19-6-8(14)4-11(19)13(21)18-17-12(20)10-5-9(15-16-10)7-2-3-7/h4-7H,2-3H2,1H3,(H,15,16)(H,17,20)(H,18,21). The van der Waals surface area contributed by atoms with Crippen LogP contribution in [-0.2, 0) is 7.05 Å². The normalized spacial score (nSPS) is 14.0. The maximum atomic E-state index is 11.9. The van der Waals surface area contributed by atoms with Gasteiger partial charge in [0.15, 0.2) is 5.69 Å². The number of aromatic nitrogens is 3. The average molecular weight is 352 g/mol. The molecule has 1 aliphatic carbocycles. The summed E-state index contributed by atoms with van der Waals surface area (Å²) in [4.78, 5) is 23.8. The number of halogens is 1. The summed E-state index contributed by atoms with van der Waals surface area (Å²) in [7, 11) is 1.75. The molecule has 7 nitrogen and oxygen atoms in total. The number of aromatic amines is 1. The highest BCUT2D eigenvalue weighted by atomic mass is 79.9. The van der Waals surface area contributed by atoms with Crippen LogP contribution in [0.15, 0.2) is 22.8 Å². The lowest BCUT2D eigenvalue weighted by molar-refractivity contribution is 0.0839. The zero-order valence-corrected chi connectivity index (χ0v) is 12.9. The van der Waals surface area contributed by atoms with Gasteiger partial charge in [0.1, 0.15) is 5.69 Å². The molecule has 1 fully saturated rings. The van der Waals surface area contributed by atoms with Crippen molar-refractivity contribution in [2.24, 2.45) is 7.05 Å². The largest absolute Gasteiger partial charge is 0.345 e. The summed E-state index contributed by atoms with van der Waals surface area (Å²) in [5, 5.41) is 6.80. The van der Waals surface area contributed by atoms with Crippen LogP contribution in [0.4, 0.5) is 0 Å². The van der Waals surface area contributed by atoms with E-state index in [4.69, 9.17) is 0 Å². The molecular formula is C13H14BrN5O2. The summed E-state index contributed by atoms with van der Waals surface area (Å²) in [5.74, 6) is -0.344. The third-order valence-corrected chi connectivity index (χ3v) is 3.77. The first kappa shape index (κ1) is 13.9. The molecule has 110 valence electrons. The Kier molecular flexibility index (Phi) is 3.54. The minimum atomic E-state index is -0.445. The van der Waals surface area contributed by atoms with Gasteiger partial charge in [0.25, 0.3) is 11.8 Å². The number of carbonyl (C=O) groups excluding carboxylic acids is 2. The first-order valence-corrected chi connectivity index (χ1v) is 7.32. The molecular weight excluding hydrogens is 338 g/mol. The lowest BCUT2D eigenvalue weighted by atomic mass is 10.2. The molecule has 21 heavy (non-hydrogen) atoms. The maximum absolute atomic E-state index is 11.9. The quantitative estimate of drug-likeness (QED) is 0.731. The fourth-order valence-electron chi connectivity index (χ4n) is 2.05. The minimum absolute atomic E-state index is 0.269. The lowest BCUT2D eigenvalue weighted by Crippen LogP contribution is -2.42.